The molecule has 5 rings (SSSR count). The number of aromatic nitrogens is 1. The second kappa shape index (κ2) is 5.18. The number of nitrogens with zero attached hydrogens (tertiary/aromatic N) is 2. The first-order valence-corrected chi connectivity index (χ1v) is 8.12. The molecule has 0 radical (unpaired) electrons. The molecule has 0 amide bonds. The highest BCUT2D eigenvalue weighted by Crippen LogP contribution is 2.47. The van der Waals surface area contributed by atoms with E-state index in [1.165, 1.54) is 12.8 Å². The monoisotopic (exact) mass is 294 g/mol. The fourth-order valence-corrected chi connectivity index (χ4v) is 4.23. The maximum absolute atomic E-state index is 11.1. The van der Waals surface area contributed by atoms with Gasteiger partial charge in [-0.2, -0.15) is 0 Å². The second-order valence-electron chi connectivity index (χ2n) is 6.74. The van der Waals surface area contributed by atoms with E-state index >= 15 is 0 Å². The molecule has 4 heterocycles. The summed E-state index contributed by atoms with van der Waals surface area (Å²) in [6.45, 7) is 6.19. The van der Waals surface area contributed by atoms with Gasteiger partial charge in [0.2, 0.25) is 0 Å². The Kier molecular flexibility index (Phi) is 3.28. The van der Waals surface area contributed by atoms with Crippen molar-refractivity contribution < 1.29 is 5.11 Å². The van der Waals surface area contributed by atoms with Crippen molar-refractivity contribution in [2.45, 2.75) is 31.4 Å². The fraction of sp³-hybridized carbons (Fsp3) is 0.421. The summed E-state index contributed by atoms with van der Waals surface area (Å²) in [4.78, 5) is 6.86. The molecule has 0 unspecified atom stereocenters. The lowest BCUT2D eigenvalue weighted by molar-refractivity contribution is -0.0522. The summed E-state index contributed by atoms with van der Waals surface area (Å²) in [7, 11) is 0. The predicted octanol–water partition coefficient (Wildman–Crippen LogP) is 3.31. The Balaban J connectivity index is 1.72. The Bertz CT molecular complexity index is 698. The molecular formula is C19H22N2O. The van der Waals surface area contributed by atoms with Gasteiger partial charge in [0.05, 0.1) is 11.6 Å². The van der Waals surface area contributed by atoms with Crippen molar-refractivity contribution in [3.8, 4) is 0 Å². The standard InChI is InChI=1S/C19H22N2O/c1-2-19-8-11-21(12-9-19)17(13-19)18(22)15-7-10-20-16-6-4-3-5-14(15)16/h2-7,10,17-18,22H,1,8-9,11-13H2/t17-,18+/m1/s1. The summed E-state index contributed by atoms with van der Waals surface area (Å²) in [6.07, 6.45) is 6.84. The van der Waals surface area contributed by atoms with Crippen molar-refractivity contribution in [1.82, 2.24) is 9.88 Å². The number of hydrogen-bond donors (Lipinski definition) is 1. The number of benzene rings is 1. The van der Waals surface area contributed by atoms with Gasteiger partial charge in [-0.05, 0) is 55.5 Å². The maximum Gasteiger partial charge on any atom is 0.0952 e. The minimum Gasteiger partial charge on any atom is -0.387 e. The highest BCUT2D eigenvalue weighted by atomic mass is 16.3. The van der Waals surface area contributed by atoms with Gasteiger partial charge >= 0.3 is 0 Å². The molecule has 3 nitrogen and oxygen atoms in total. The van der Waals surface area contributed by atoms with Gasteiger partial charge in [-0.1, -0.05) is 24.3 Å². The average Bonchev–Trinajstić information content (AvgIpc) is 2.61. The van der Waals surface area contributed by atoms with Gasteiger partial charge in [0.15, 0.2) is 0 Å². The van der Waals surface area contributed by atoms with Gasteiger partial charge in [-0.3, -0.25) is 9.88 Å². The summed E-state index contributed by atoms with van der Waals surface area (Å²) in [5, 5.41) is 12.1. The maximum atomic E-state index is 11.1. The van der Waals surface area contributed by atoms with Crippen LogP contribution in [0.25, 0.3) is 10.9 Å². The molecule has 2 aromatic rings. The van der Waals surface area contributed by atoms with E-state index in [1.54, 1.807) is 6.20 Å². The van der Waals surface area contributed by atoms with Crippen molar-refractivity contribution in [2.24, 2.45) is 5.41 Å². The van der Waals surface area contributed by atoms with E-state index in [1.807, 2.05) is 24.3 Å². The largest absolute Gasteiger partial charge is 0.387 e. The molecule has 3 heteroatoms. The number of para-hydroxylation sites is 1. The third kappa shape index (κ3) is 2.08. The van der Waals surface area contributed by atoms with E-state index in [0.29, 0.717) is 0 Å². The average molecular weight is 294 g/mol. The minimum absolute atomic E-state index is 0.186. The molecule has 2 atom stereocenters. The number of aliphatic hydroxyl groups is 1. The van der Waals surface area contributed by atoms with Crippen LogP contribution in [-0.4, -0.2) is 34.1 Å². The zero-order valence-corrected chi connectivity index (χ0v) is 12.8. The number of hydrogen-bond acceptors (Lipinski definition) is 3. The van der Waals surface area contributed by atoms with Crippen LogP contribution >= 0.6 is 0 Å². The first-order valence-electron chi connectivity index (χ1n) is 8.12. The van der Waals surface area contributed by atoms with Crippen molar-refractivity contribution in [3.63, 3.8) is 0 Å². The topological polar surface area (TPSA) is 36.4 Å². The normalized spacial score (nSPS) is 32.0. The van der Waals surface area contributed by atoms with E-state index in [-0.39, 0.29) is 11.5 Å². The molecule has 22 heavy (non-hydrogen) atoms. The van der Waals surface area contributed by atoms with Gasteiger partial charge < -0.3 is 5.11 Å². The summed E-state index contributed by atoms with van der Waals surface area (Å²) < 4.78 is 0. The van der Waals surface area contributed by atoms with Crippen LogP contribution in [0.3, 0.4) is 0 Å². The number of aliphatic hydroxyl groups excluding tert-OH is 1. The molecule has 3 aliphatic heterocycles. The molecular weight excluding hydrogens is 272 g/mol. The third-order valence-corrected chi connectivity index (χ3v) is 5.68. The van der Waals surface area contributed by atoms with E-state index < -0.39 is 6.10 Å². The Labute approximate surface area is 131 Å². The van der Waals surface area contributed by atoms with E-state index in [4.69, 9.17) is 0 Å². The van der Waals surface area contributed by atoms with Crippen LogP contribution in [0.1, 0.15) is 30.9 Å². The number of piperidine rings is 3. The summed E-state index contributed by atoms with van der Waals surface area (Å²) >= 11 is 0. The predicted molar refractivity (Wildman–Crippen MR) is 88.5 cm³/mol. The van der Waals surface area contributed by atoms with Crippen molar-refractivity contribution in [3.05, 3.63) is 54.7 Å². The number of pyridine rings is 1. The van der Waals surface area contributed by atoms with Crippen LogP contribution in [-0.2, 0) is 0 Å². The van der Waals surface area contributed by atoms with Crippen LogP contribution in [0.15, 0.2) is 49.2 Å². The molecule has 1 aromatic heterocycles. The number of allylic oxidation sites excluding steroid dienone is 1. The zero-order valence-electron chi connectivity index (χ0n) is 12.8. The van der Waals surface area contributed by atoms with Gasteiger partial charge in [0, 0.05) is 17.6 Å². The van der Waals surface area contributed by atoms with Crippen molar-refractivity contribution >= 4 is 10.9 Å². The second-order valence-corrected chi connectivity index (χ2v) is 6.74. The molecule has 0 spiro atoms. The van der Waals surface area contributed by atoms with Crippen LogP contribution in [0.5, 0.6) is 0 Å². The summed E-state index contributed by atoms with van der Waals surface area (Å²) in [6, 6.07) is 10.2. The minimum atomic E-state index is -0.465. The van der Waals surface area contributed by atoms with Crippen molar-refractivity contribution in [2.75, 3.05) is 13.1 Å². The smallest absolute Gasteiger partial charge is 0.0952 e. The highest BCUT2D eigenvalue weighted by Gasteiger charge is 2.45. The number of fused-ring (bicyclic) bond motifs is 4. The van der Waals surface area contributed by atoms with Gasteiger partial charge in [-0.25, -0.2) is 0 Å². The van der Waals surface area contributed by atoms with Crippen LogP contribution in [0.2, 0.25) is 0 Å². The fourth-order valence-electron chi connectivity index (χ4n) is 4.23. The van der Waals surface area contributed by atoms with Gasteiger partial charge in [-0.15, -0.1) is 6.58 Å². The molecule has 1 N–H and O–H groups in total. The first kappa shape index (κ1) is 13.9. The first-order chi connectivity index (χ1) is 10.7. The van der Waals surface area contributed by atoms with E-state index in [0.717, 1.165) is 36.0 Å². The molecule has 114 valence electrons. The third-order valence-electron chi connectivity index (χ3n) is 5.68. The van der Waals surface area contributed by atoms with Crippen LogP contribution < -0.4 is 0 Å². The summed E-state index contributed by atoms with van der Waals surface area (Å²) in [5.74, 6) is 0. The quantitative estimate of drug-likeness (QED) is 0.882. The Morgan fingerprint density at radius 1 is 1.27 bits per heavy atom. The SMILES string of the molecule is C=CC12CCN(CC1)[C@@H]([C@@H](O)c1ccnc3ccccc13)C2. The number of rotatable bonds is 3. The Morgan fingerprint density at radius 2 is 2.05 bits per heavy atom. The zero-order chi connectivity index (χ0) is 15.2. The van der Waals surface area contributed by atoms with E-state index in [9.17, 15) is 5.11 Å². The Hall–Kier alpha value is -1.71. The van der Waals surface area contributed by atoms with Gasteiger partial charge in [0.25, 0.3) is 0 Å². The van der Waals surface area contributed by atoms with E-state index in [2.05, 4.69) is 28.6 Å². The lowest BCUT2D eigenvalue weighted by Crippen LogP contribution is -2.55. The summed E-state index contributed by atoms with van der Waals surface area (Å²) in [5.41, 5.74) is 2.18. The van der Waals surface area contributed by atoms with Crippen LogP contribution in [0.4, 0.5) is 0 Å². The molecule has 1 aromatic carbocycles. The Morgan fingerprint density at radius 3 is 2.82 bits per heavy atom. The molecule has 0 aliphatic carbocycles. The van der Waals surface area contributed by atoms with Gasteiger partial charge in [0.1, 0.15) is 0 Å². The lowest BCUT2D eigenvalue weighted by Gasteiger charge is -2.53. The molecule has 3 saturated heterocycles. The van der Waals surface area contributed by atoms with Crippen molar-refractivity contribution in [1.29, 1.82) is 0 Å². The lowest BCUT2D eigenvalue weighted by atomic mass is 9.67. The molecule has 2 bridgehead atoms. The molecule has 3 fully saturated rings. The van der Waals surface area contributed by atoms with Crippen LogP contribution in [0, 0.1) is 5.41 Å². The molecule has 3 aliphatic rings. The highest BCUT2D eigenvalue weighted by molar-refractivity contribution is 5.82. The molecule has 0 saturated carbocycles.